The predicted octanol–water partition coefficient (Wildman–Crippen LogP) is 4.21. The van der Waals surface area contributed by atoms with E-state index >= 15 is 0 Å². The fourth-order valence-corrected chi connectivity index (χ4v) is 2.29. The van der Waals surface area contributed by atoms with Crippen LogP contribution in [0.2, 0.25) is 10.0 Å². The highest BCUT2D eigenvalue weighted by Crippen LogP contribution is 2.22. The molecule has 1 heterocycles. The minimum Gasteiger partial charge on any atom is -0.266 e. The summed E-state index contributed by atoms with van der Waals surface area (Å²) < 4.78 is 0. The molecule has 0 spiro atoms. The third-order valence-electron chi connectivity index (χ3n) is 2.41. The number of nitrogens with one attached hydrogen (secondary N) is 1. The van der Waals surface area contributed by atoms with Crippen molar-refractivity contribution in [2.24, 2.45) is 5.10 Å². The van der Waals surface area contributed by atoms with E-state index in [0.29, 0.717) is 20.6 Å². The number of benzene rings is 1. The summed E-state index contributed by atoms with van der Waals surface area (Å²) in [5.41, 5.74) is 3.96. The number of hydrazone groups is 1. The Morgan fingerprint density at radius 1 is 1.26 bits per heavy atom. The van der Waals surface area contributed by atoms with Gasteiger partial charge >= 0.3 is 0 Å². The molecule has 0 saturated carbocycles. The SMILES string of the molecule is C/C(=N\NC(=O)c1cccs1)c1ccc(Cl)c(Cl)c1. The number of nitrogens with zero attached hydrogens (tertiary/aromatic N) is 1. The Hall–Kier alpha value is -1.36. The Balaban J connectivity index is 2.10. The van der Waals surface area contributed by atoms with Crippen LogP contribution in [0.25, 0.3) is 0 Å². The Morgan fingerprint density at radius 2 is 2.05 bits per heavy atom. The van der Waals surface area contributed by atoms with Gasteiger partial charge in [-0.2, -0.15) is 5.10 Å². The first-order valence-corrected chi connectivity index (χ1v) is 7.05. The molecule has 1 N–H and O–H groups in total. The molecule has 0 unspecified atom stereocenters. The van der Waals surface area contributed by atoms with Gasteiger partial charge in [0.1, 0.15) is 0 Å². The molecule has 0 radical (unpaired) electrons. The lowest BCUT2D eigenvalue weighted by Gasteiger charge is -2.03. The zero-order valence-electron chi connectivity index (χ0n) is 9.98. The molecule has 2 rings (SSSR count). The van der Waals surface area contributed by atoms with Crippen LogP contribution in [0.15, 0.2) is 40.8 Å². The van der Waals surface area contributed by atoms with Crippen LogP contribution in [0.5, 0.6) is 0 Å². The van der Waals surface area contributed by atoms with Crippen LogP contribution in [0.4, 0.5) is 0 Å². The smallest absolute Gasteiger partial charge is 0.266 e. The zero-order chi connectivity index (χ0) is 13.8. The van der Waals surface area contributed by atoms with Crippen molar-refractivity contribution in [1.82, 2.24) is 5.43 Å². The number of carbonyl (C=O) groups excluding carboxylic acids is 1. The summed E-state index contributed by atoms with van der Waals surface area (Å²) in [4.78, 5) is 12.3. The van der Waals surface area contributed by atoms with Gasteiger partial charge in [0.25, 0.3) is 5.91 Å². The van der Waals surface area contributed by atoms with E-state index in [0.717, 1.165) is 5.56 Å². The molecule has 19 heavy (non-hydrogen) atoms. The van der Waals surface area contributed by atoms with Gasteiger partial charge in [0.05, 0.1) is 20.6 Å². The van der Waals surface area contributed by atoms with E-state index < -0.39 is 0 Å². The van der Waals surface area contributed by atoms with Gasteiger partial charge in [0.2, 0.25) is 0 Å². The van der Waals surface area contributed by atoms with Gasteiger partial charge in [-0.05, 0) is 36.1 Å². The van der Waals surface area contributed by atoms with E-state index in [2.05, 4.69) is 10.5 Å². The quantitative estimate of drug-likeness (QED) is 0.669. The number of halogens is 2. The van der Waals surface area contributed by atoms with Crippen molar-refractivity contribution < 1.29 is 4.79 Å². The molecule has 0 fully saturated rings. The van der Waals surface area contributed by atoms with Gasteiger partial charge in [0.15, 0.2) is 0 Å². The molecule has 0 bridgehead atoms. The van der Waals surface area contributed by atoms with Crippen molar-refractivity contribution in [1.29, 1.82) is 0 Å². The van der Waals surface area contributed by atoms with E-state index in [4.69, 9.17) is 23.2 Å². The molecular formula is C13H10Cl2N2OS. The van der Waals surface area contributed by atoms with E-state index in [1.54, 1.807) is 31.2 Å². The summed E-state index contributed by atoms with van der Waals surface area (Å²) in [6.07, 6.45) is 0. The normalized spacial score (nSPS) is 11.4. The molecule has 6 heteroatoms. The highest BCUT2D eigenvalue weighted by Gasteiger charge is 2.06. The van der Waals surface area contributed by atoms with Crippen molar-refractivity contribution in [3.05, 3.63) is 56.2 Å². The second-order valence-corrected chi connectivity index (χ2v) is 5.51. The van der Waals surface area contributed by atoms with E-state index in [9.17, 15) is 4.79 Å². The third-order valence-corrected chi connectivity index (χ3v) is 4.02. The topological polar surface area (TPSA) is 41.5 Å². The van der Waals surface area contributed by atoms with Gasteiger partial charge < -0.3 is 0 Å². The predicted molar refractivity (Wildman–Crippen MR) is 80.5 cm³/mol. The van der Waals surface area contributed by atoms with Crippen molar-refractivity contribution in [2.45, 2.75) is 6.92 Å². The summed E-state index contributed by atoms with van der Waals surface area (Å²) in [7, 11) is 0. The van der Waals surface area contributed by atoms with E-state index in [1.165, 1.54) is 11.3 Å². The molecule has 1 aromatic heterocycles. The Kier molecular flexibility index (Phi) is 4.58. The maximum atomic E-state index is 11.7. The van der Waals surface area contributed by atoms with Gasteiger partial charge in [-0.1, -0.05) is 35.3 Å². The Labute approximate surface area is 124 Å². The highest BCUT2D eigenvalue weighted by molar-refractivity contribution is 7.12. The minimum atomic E-state index is -0.227. The number of amides is 1. The monoisotopic (exact) mass is 312 g/mol. The molecule has 1 aromatic carbocycles. The molecule has 0 atom stereocenters. The molecule has 0 aliphatic heterocycles. The second-order valence-electron chi connectivity index (χ2n) is 3.74. The standard InChI is InChI=1S/C13H10Cl2N2OS/c1-8(9-4-5-10(14)11(15)7-9)16-17-13(18)12-3-2-6-19-12/h2-7H,1H3,(H,17,18)/b16-8+. The van der Waals surface area contributed by atoms with Crippen molar-refractivity contribution in [3.8, 4) is 0 Å². The fraction of sp³-hybridized carbons (Fsp3) is 0.0769. The lowest BCUT2D eigenvalue weighted by Crippen LogP contribution is -2.18. The van der Waals surface area contributed by atoms with Gasteiger partial charge in [-0.25, -0.2) is 5.43 Å². The number of rotatable bonds is 3. The zero-order valence-corrected chi connectivity index (χ0v) is 12.3. The lowest BCUT2D eigenvalue weighted by molar-refractivity contribution is 0.0959. The molecule has 2 aromatic rings. The van der Waals surface area contributed by atoms with Crippen molar-refractivity contribution >= 4 is 46.2 Å². The molecule has 0 aliphatic rings. The molecule has 98 valence electrons. The van der Waals surface area contributed by atoms with Gasteiger partial charge in [-0.3, -0.25) is 4.79 Å². The fourth-order valence-electron chi connectivity index (χ4n) is 1.38. The summed E-state index contributed by atoms with van der Waals surface area (Å²) in [6, 6.07) is 8.75. The first kappa shape index (κ1) is 14.1. The number of hydrogen-bond acceptors (Lipinski definition) is 3. The third kappa shape index (κ3) is 3.56. The molecule has 1 amide bonds. The summed E-state index contributed by atoms with van der Waals surface area (Å²) in [5, 5.41) is 6.82. The van der Waals surface area contributed by atoms with Gasteiger partial charge in [0, 0.05) is 0 Å². The summed E-state index contributed by atoms with van der Waals surface area (Å²) >= 11 is 13.1. The number of thiophene rings is 1. The maximum absolute atomic E-state index is 11.7. The van der Waals surface area contributed by atoms with E-state index in [1.807, 2.05) is 11.4 Å². The Morgan fingerprint density at radius 3 is 2.68 bits per heavy atom. The number of hydrogen-bond donors (Lipinski definition) is 1. The largest absolute Gasteiger partial charge is 0.281 e. The minimum absolute atomic E-state index is 0.227. The first-order chi connectivity index (χ1) is 9.08. The molecule has 3 nitrogen and oxygen atoms in total. The number of carbonyl (C=O) groups is 1. The van der Waals surface area contributed by atoms with Crippen LogP contribution >= 0.6 is 34.5 Å². The van der Waals surface area contributed by atoms with Crippen molar-refractivity contribution in [2.75, 3.05) is 0 Å². The molecule has 0 aliphatic carbocycles. The maximum Gasteiger partial charge on any atom is 0.281 e. The van der Waals surface area contributed by atoms with Gasteiger partial charge in [-0.15, -0.1) is 11.3 Å². The lowest BCUT2D eigenvalue weighted by atomic mass is 10.1. The van der Waals surface area contributed by atoms with Crippen LogP contribution in [0.1, 0.15) is 22.2 Å². The average molecular weight is 313 g/mol. The van der Waals surface area contributed by atoms with Crippen LogP contribution in [0, 0.1) is 0 Å². The summed E-state index contributed by atoms with van der Waals surface area (Å²) in [6.45, 7) is 1.79. The Bertz CT molecular complexity index is 624. The molecule has 0 saturated heterocycles. The second kappa shape index (κ2) is 6.19. The molecular weight excluding hydrogens is 303 g/mol. The highest BCUT2D eigenvalue weighted by atomic mass is 35.5. The van der Waals surface area contributed by atoms with Crippen LogP contribution < -0.4 is 5.43 Å². The first-order valence-electron chi connectivity index (χ1n) is 5.41. The van der Waals surface area contributed by atoms with Crippen LogP contribution in [0.3, 0.4) is 0 Å². The van der Waals surface area contributed by atoms with E-state index in [-0.39, 0.29) is 5.91 Å². The van der Waals surface area contributed by atoms with Crippen molar-refractivity contribution in [3.63, 3.8) is 0 Å². The van der Waals surface area contributed by atoms with Crippen LogP contribution in [-0.2, 0) is 0 Å². The van der Waals surface area contributed by atoms with Crippen LogP contribution in [-0.4, -0.2) is 11.6 Å². The summed E-state index contributed by atoms with van der Waals surface area (Å²) in [5.74, 6) is -0.227. The average Bonchev–Trinajstić information content (AvgIpc) is 2.92.